The van der Waals surface area contributed by atoms with Gasteiger partial charge in [-0.25, -0.2) is 4.39 Å². The smallest absolute Gasteiger partial charge is 0.146 e. The van der Waals surface area contributed by atoms with Crippen LogP contribution in [0, 0.1) is 23.6 Å². The fraction of sp³-hybridized carbons (Fsp3) is 0.438. The lowest BCUT2D eigenvalue weighted by atomic mass is 9.77. The van der Waals surface area contributed by atoms with E-state index in [1.807, 2.05) is 18.2 Å². The maximum atomic E-state index is 15.1. The topological polar surface area (TPSA) is 0 Å². The van der Waals surface area contributed by atoms with Gasteiger partial charge in [0.1, 0.15) is 5.82 Å². The molecule has 0 atom stereocenters. The molecule has 1 fully saturated rings. The predicted molar refractivity (Wildman–Crippen MR) is 139 cm³/mol. The molecule has 1 saturated carbocycles. The second kappa shape index (κ2) is 11.5. The van der Waals surface area contributed by atoms with Gasteiger partial charge in [-0.05, 0) is 85.1 Å². The Bertz CT molecular complexity index is 1100. The molecule has 0 amide bonds. The fourth-order valence-electron chi connectivity index (χ4n) is 5.34. The predicted octanol–water partition coefficient (Wildman–Crippen LogP) is 9.19. The van der Waals surface area contributed by atoms with Gasteiger partial charge in [0.2, 0.25) is 0 Å². The molecule has 172 valence electrons. The van der Waals surface area contributed by atoms with Crippen LogP contribution >= 0.6 is 0 Å². The minimum Gasteiger partial charge on any atom is -0.205 e. The Balaban J connectivity index is 1.43. The number of hydrogen-bond acceptors (Lipinski definition) is 0. The summed E-state index contributed by atoms with van der Waals surface area (Å²) in [4.78, 5) is 0. The summed E-state index contributed by atoms with van der Waals surface area (Å²) in [5.41, 5.74) is 4.14. The molecular formula is C32H37F. The van der Waals surface area contributed by atoms with Gasteiger partial charge in [-0.3, -0.25) is 0 Å². The molecule has 0 N–H and O–H groups in total. The third-order valence-corrected chi connectivity index (χ3v) is 7.35. The van der Waals surface area contributed by atoms with Crippen molar-refractivity contribution in [3.8, 4) is 11.8 Å². The lowest BCUT2D eigenvalue weighted by Gasteiger charge is -2.28. The molecule has 0 nitrogen and oxygen atoms in total. The van der Waals surface area contributed by atoms with Gasteiger partial charge in [0, 0.05) is 10.9 Å². The van der Waals surface area contributed by atoms with Gasteiger partial charge in [0.05, 0.1) is 5.56 Å². The summed E-state index contributed by atoms with van der Waals surface area (Å²) in [6, 6.07) is 18.6. The highest BCUT2D eigenvalue weighted by atomic mass is 19.1. The van der Waals surface area contributed by atoms with Gasteiger partial charge in [-0.15, -0.1) is 0 Å². The van der Waals surface area contributed by atoms with E-state index in [1.54, 1.807) is 0 Å². The Labute approximate surface area is 199 Å². The number of hydrogen-bond donors (Lipinski definition) is 0. The maximum absolute atomic E-state index is 15.1. The molecule has 0 aliphatic heterocycles. The molecule has 1 heteroatoms. The van der Waals surface area contributed by atoms with Crippen LogP contribution in [-0.4, -0.2) is 0 Å². The monoisotopic (exact) mass is 440 g/mol. The Morgan fingerprint density at radius 1 is 0.818 bits per heavy atom. The van der Waals surface area contributed by atoms with E-state index in [1.165, 1.54) is 68.9 Å². The molecule has 0 aromatic heterocycles. The van der Waals surface area contributed by atoms with Crippen LogP contribution in [0.4, 0.5) is 4.39 Å². The first-order valence-electron chi connectivity index (χ1n) is 13.0. The molecule has 0 radical (unpaired) electrons. The molecule has 0 bridgehead atoms. The van der Waals surface area contributed by atoms with E-state index in [0.29, 0.717) is 16.9 Å². The maximum Gasteiger partial charge on any atom is 0.146 e. The molecule has 3 aromatic rings. The second-order valence-electron chi connectivity index (χ2n) is 9.82. The van der Waals surface area contributed by atoms with Crippen molar-refractivity contribution < 1.29 is 4.39 Å². The van der Waals surface area contributed by atoms with Crippen LogP contribution in [0.5, 0.6) is 0 Å². The molecule has 4 rings (SSSR count). The Kier molecular flexibility index (Phi) is 8.22. The number of unbranched alkanes of at least 4 members (excludes halogenated alkanes) is 2. The van der Waals surface area contributed by atoms with E-state index in [-0.39, 0.29) is 5.82 Å². The number of halogens is 1. The van der Waals surface area contributed by atoms with Crippen molar-refractivity contribution in [2.75, 3.05) is 0 Å². The highest BCUT2D eigenvalue weighted by molar-refractivity contribution is 5.85. The molecule has 0 heterocycles. The van der Waals surface area contributed by atoms with Crippen molar-refractivity contribution in [1.82, 2.24) is 0 Å². The van der Waals surface area contributed by atoms with E-state index >= 15 is 4.39 Å². The minimum absolute atomic E-state index is 0.208. The number of rotatable bonds is 7. The average molecular weight is 441 g/mol. The molecule has 0 saturated heterocycles. The lowest BCUT2D eigenvalue weighted by molar-refractivity contribution is 0.308. The Hall–Kier alpha value is -2.59. The summed E-state index contributed by atoms with van der Waals surface area (Å²) >= 11 is 0. The van der Waals surface area contributed by atoms with Gasteiger partial charge in [0.15, 0.2) is 0 Å². The minimum atomic E-state index is -0.208. The van der Waals surface area contributed by atoms with E-state index in [0.717, 1.165) is 23.3 Å². The third kappa shape index (κ3) is 6.05. The summed E-state index contributed by atoms with van der Waals surface area (Å²) < 4.78 is 15.1. The molecule has 33 heavy (non-hydrogen) atoms. The zero-order chi connectivity index (χ0) is 23.0. The van der Waals surface area contributed by atoms with Crippen LogP contribution in [0.1, 0.15) is 99.8 Å². The standard InChI is InChI=1S/C32H37F/c1-3-5-6-8-26-14-22-31-30(23-26)21-20-29(32(31)33)19-13-25-11-17-28(18-12-25)27-15-9-24(7-4-2)10-16-27/h11-12,14,17-18,20-24,27H,3-10,15-16H2,1-2H3. The summed E-state index contributed by atoms with van der Waals surface area (Å²) in [6.45, 7) is 4.51. The van der Waals surface area contributed by atoms with Crippen LogP contribution in [0.25, 0.3) is 10.8 Å². The number of aryl methyl sites for hydroxylation is 1. The van der Waals surface area contributed by atoms with Crippen molar-refractivity contribution in [2.45, 2.75) is 84.0 Å². The van der Waals surface area contributed by atoms with Crippen LogP contribution in [0.2, 0.25) is 0 Å². The summed E-state index contributed by atoms with van der Waals surface area (Å²) in [5, 5.41) is 1.63. The van der Waals surface area contributed by atoms with Gasteiger partial charge < -0.3 is 0 Å². The van der Waals surface area contributed by atoms with E-state index < -0.39 is 0 Å². The Morgan fingerprint density at radius 3 is 2.33 bits per heavy atom. The van der Waals surface area contributed by atoms with Crippen molar-refractivity contribution >= 4 is 10.8 Å². The molecule has 0 unspecified atom stereocenters. The number of fused-ring (bicyclic) bond motifs is 1. The van der Waals surface area contributed by atoms with Gasteiger partial charge in [-0.2, -0.15) is 0 Å². The highest BCUT2D eigenvalue weighted by Crippen LogP contribution is 2.37. The summed E-state index contributed by atoms with van der Waals surface area (Å²) in [7, 11) is 0. The first-order chi connectivity index (χ1) is 16.2. The van der Waals surface area contributed by atoms with E-state index in [9.17, 15) is 0 Å². The van der Waals surface area contributed by atoms with E-state index in [4.69, 9.17) is 0 Å². The summed E-state index contributed by atoms with van der Waals surface area (Å²) in [6.07, 6.45) is 12.7. The SMILES string of the molecule is CCCCCc1ccc2c(F)c(C#Cc3ccc(C4CCC(CCC)CC4)cc3)ccc2c1. The quantitative estimate of drug-likeness (QED) is 0.254. The summed E-state index contributed by atoms with van der Waals surface area (Å²) in [5.74, 6) is 7.66. The second-order valence-corrected chi connectivity index (χ2v) is 9.82. The van der Waals surface area contributed by atoms with Crippen LogP contribution in [0.3, 0.4) is 0 Å². The molecule has 3 aromatic carbocycles. The van der Waals surface area contributed by atoms with Gasteiger partial charge >= 0.3 is 0 Å². The molecule has 1 aliphatic rings. The normalized spacial score (nSPS) is 18.2. The van der Waals surface area contributed by atoms with Gasteiger partial charge in [0.25, 0.3) is 0 Å². The first kappa shape index (κ1) is 23.6. The van der Waals surface area contributed by atoms with Crippen molar-refractivity contribution in [3.05, 3.63) is 82.7 Å². The average Bonchev–Trinajstić information content (AvgIpc) is 2.85. The van der Waals surface area contributed by atoms with E-state index in [2.05, 4.69) is 62.1 Å². The van der Waals surface area contributed by atoms with Crippen LogP contribution in [0.15, 0.2) is 54.6 Å². The third-order valence-electron chi connectivity index (χ3n) is 7.35. The largest absolute Gasteiger partial charge is 0.205 e. The zero-order valence-corrected chi connectivity index (χ0v) is 20.3. The molecule has 1 aliphatic carbocycles. The van der Waals surface area contributed by atoms with Crippen molar-refractivity contribution in [1.29, 1.82) is 0 Å². The first-order valence-corrected chi connectivity index (χ1v) is 13.0. The molecular weight excluding hydrogens is 403 g/mol. The fourth-order valence-corrected chi connectivity index (χ4v) is 5.34. The van der Waals surface area contributed by atoms with Crippen LogP contribution in [-0.2, 0) is 6.42 Å². The Morgan fingerprint density at radius 2 is 1.61 bits per heavy atom. The zero-order valence-electron chi connectivity index (χ0n) is 20.3. The highest BCUT2D eigenvalue weighted by Gasteiger charge is 2.21. The lowest BCUT2D eigenvalue weighted by Crippen LogP contribution is -2.13. The van der Waals surface area contributed by atoms with Crippen molar-refractivity contribution in [2.24, 2.45) is 5.92 Å². The van der Waals surface area contributed by atoms with Gasteiger partial charge in [-0.1, -0.05) is 87.8 Å². The molecule has 0 spiro atoms. The van der Waals surface area contributed by atoms with Crippen molar-refractivity contribution in [3.63, 3.8) is 0 Å². The van der Waals surface area contributed by atoms with Crippen LogP contribution < -0.4 is 0 Å². The number of benzene rings is 3.